The Balaban J connectivity index is 0.840. The lowest BCUT2D eigenvalue weighted by Crippen LogP contribution is -2.33. The summed E-state index contributed by atoms with van der Waals surface area (Å²) in [6.07, 6.45) is 0. The van der Waals surface area contributed by atoms with E-state index in [9.17, 15) is 0 Å². The van der Waals surface area contributed by atoms with E-state index in [0.29, 0.717) is 0 Å². The Labute approximate surface area is 440 Å². The van der Waals surface area contributed by atoms with E-state index in [1.807, 2.05) is 12.1 Å². The van der Waals surface area contributed by atoms with Gasteiger partial charge in [0.1, 0.15) is 11.2 Å². The summed E-state index contributed by atoms with van der Waals surface area (Å²) >= 11 is 0. The van der Waals surface area contributed by atoms with Crippen molar-refractivity contribution in [3.05, 3.63) is 301 Å². The molecule has 1 atom stereocenters. The standard InChI is InChI=1S/C73H46N2O/c1-2-16-47(17-3-1)48-32-34-50(35-33-48)55-18-5-10-28-67(55)74(54-43-38-51(39-44-54)56-22-14-24-62-60-21-7-13-31-70(60)76-72(56)62)53-41-36-49(37-42-53)52-40-45-58-57-19-4-8-25-63(57)73(66(58)46-52)64-26-9-12-30-69(64)75-68-29-11-6-20-59(68)61-23-15-27-65(73)71(61)75/h1-46H. The van der Waals surface area contributed by atoms with Gasteiger partial charge in [0.05, 0.1) is 27.8 Å². The Hall–Kier alpha value is -9.96. The maximum Gasteiger partial charge on any atom is 0.143 e. The molecule has 1 aliphatic carbocycles. The minimum atomic E-state index is -0.524. The Morgan fingerprint density at radius 1 is 0.316 bits per heavy atom. The summed E-state index contributed by atoms with van der Waals surface area (Å²) in [5.74, 6) is 0. The molecule has 0 saturated carbocycles. The lowest BCUT2D eigenvalue weighted by atomic mass is 9.65. The van der Waals surface area contributed by atoms with Crippen LogP contribution in [0.25, 0.3) is 105 Å². The van der Waals surface area contributed by atoms with Crippen molar-refractivity contribution in [1.82, 2.24) is 4.57 Å². The van der Waals surface area contributed by atoms with Crippen LogP contribution in [0.15, 0.2) is 283 Å². The first-order chi connectivity index (χ1) is 37.7. The monoisotopic (exact) mass is 966 g/mol. The van der Waals surface area contributed by atoms with E-state index in [1.54, 1.807) is 0 Å². The second-order valence-corrected chi connectivity index (χ2v) is 20.3. The number of benzene rings is 12. The fourth-order valence-electron chi connectivity index (χ4n) is 13.1. The minimum absolute atomic E-state index is 0.524. The average molecular weight is 967 g/mol. The number of aromatic nitrogens is 1. The van der Waals surface area contributed by atoms with Gasteiger partial charge in [-0.25, -0.2) is 0 Å². The van der Waals surface area contributed by atoms with E-state index in [4.69, 9.17) is 4.42 Å². The topological polar surface area (TPSA) is 21.3 Å². The number of para-hydroxylation sites is 6. The molecule has 354 valence electrons. The Kier molecular flexibility index (Phi) is 9.25. The van der Waals surface area contributed by atoms with Crippen LogP contribution in [-0.4, -0.2) is 4.57 Å². The van der Waals surface area contributed by atoms with Crippen molar-refractivity contribution < 1.29 is 4.42 Å². The molecule has 3 heterocycles. The lowest BCUT2D eigenvalue weighted by molar-refractivity contribution is 0.670. The van der Waals surface area contributed by atoms with Gasteiger partial charge in [0.25, 0.3) is 0 Å². The fraction of sp³-hybridized carbons (Fsp3) is 0.0137. The van der Waals surface area contributed by atoms with Crippen LogP contribution in [0.1, 0.15) is 22.3 Å². The predicted molar refractivity (Wildman–Crippen MR) is 315 cm³/mol. The van der Waals surface area contributed by atoms with Crippen molar-refractivity contribution in [2.24, 2.45) is 0 Å². The van der Waals surface area contributed by atoms with Crippen LogP contribution in [0.5, 0.6) is 0 Å². The quantitative estimate of drug-likeness (QED) is 0.159. The second kappa shape index (κ2) is 16.5. The highest BCUT2D eigenvalue weighted by molar-refractivity contribution is 6.13. The molecule has 16 rings (SSSR count). The van der Waals surface area contributed by atoms with Crippen molar-refractivity contribution in [1.29, 1.82) is 0 Å². The van der Waals surface area contributed by atoms with Crippen LogP contribution >= 0.6 is 0 Å². The molecule has 2 aliphatic rings. The molecule has 1 unspecified atom stereocenters. The Bertz CT molecular complexity index is 4620. The van der Waals surface area contributed by atoms with Crippen molar-refractivity contribution >= 4 is 60.8 Å². The molecule has 0 bridgehead atoms. The zero-order chi connectivity index (χ0) is 49.9. The highest BCUT2D eigenvalue weighted by Gasteiger charge is 2.50. The van der Waals surface area contributed by atoms with Gasteiger partial charge in [-0.3, -0.25) is 0 Å². The van der Waals surface area contributed by atoms with Gasteiger partial charge < -0.3 is 13.9 Å². The molecular formula is C73H46N2O. The number of hydrogen-bond acceptors (Lipinski definition) is 2. The summed E-state index contributed by atoms with van der Waals surface area (Å²) in [7, 11) is 0. The van der Waals surface area contributed by atoms with E-state index in [1.165, 1.54) is 77.6 Å². The van der Waals surface area contributed by atoms with Gasteiger partial charge in [0.2, 0.25) is 0 Å². The van der Waals surface area contributed by atoms with Gasteiger partial charge in [-0.15, -0.1) is 0 Å². The summed E-state index contributed by atoms with van der Waals surface area (Å²) in [5, 5.41) is 4.82. The third-order valence-corrected chi connectivity index (χ3v) is 16.4. The molecule has 14 aromatic rings. The molecule has 1 aliphatic heterocycles. The van der Waals surface area contributed by atoms with Gasteiger partial charge in [-0.2, -0.15) is 0 Å². The maximum atomic E-state index is 6.52. The second-order valence-electron chi connectivity index (χ2n) is 20.3. The first-order valence-electron chi connectivity index (χ1n) is 26.2. The third-order valence-electron chi connectivity index (χ3n) is 16.4. The molecule has 0 saturated heterocycles. The number of nitrogens with zero attached hydrogens (tertiary/aromatic N) is 2. The van der Waals surface area contributed by atoms with Gasteiger partial charge in [-0.1, -0.05) is 224 Å². The van der Waals surface area contributed by atoms with E-state index in [0.717, 1.165) is 66.8 Å². The van der Waals surface area contributed by atoms with Crippen molar-refractivity contribution in [2.45, 2.75) is 5.41 Å². The molecule has 2 aromatic heterocycles. The van der Waals surface area contributed by atoms with Gasteiger partial charge >= 0.3 is 0 Å². The van der Waals surface area contributed by atoms with Crippen molar-refractivity contribution in [2.75, 3.05) is 4.90 Å². The number of furan rings is 1. The van der Waals surface area contributed by atoms with Gasteiger partial charge in [0, 0.05) is 44.0 Å². The molecule has 12 aromatic carbocycles. The summed E-state index contributed by atoms with van der Waals surface area (Å²) < 4.78 is 9.04. The maximum absolute atomic E-state index is 6.52. The Morgan fingerprint density at radius 2 is 0.842 bits per heavy atom. The number of hydrogen-bond donors (Lipinski definition) is 0. The zero-order valence-corrected chi connectivity index (χ0v) is 41.4. The van der Waals surface area contributed by atoms with Gasteiger partial charge in [0.15, 0.2) is 0 Å². The lowest BCUT2D eigenvalue weighted by Gasteiger charge is -2.39. The Morgan fingerprint density at radius 3 is 1.67 bits per heavy atom. The predicted octanol–water partition coefficient (Wildman–Crippen LogP) is 19.5. The van der Waals surface area contributed by atoms with Gasteiger partial charge in [-0.05, 0) is 121 Å². The SMILES string of the molecule is c1ccc(-c2ccc(-c3ccccc3N(c3ccc(-c4ccc5c(c4)C4(c6ccccc6-5)c5ccccc5-n5c6ccccc6c6cccc4c65)cc3)c3ccc(-c4cccc5c4oc4ccccc45)cc3)cc2)cc1. The summed E-state index contributed by atoms with van der Waals surface area (Å²) in [5.41, 5.74) is 25.3. The van der Waals surface area contributed by atoms with Crippen molar-refractivity contribution in [3.8, 4) is 61.3 Å². The zero-order valence-electron chi connectivity index (χ0n) is 41.4. The normalized spacial score (nSPS) is 14.1. The highest BCUT2D eigenvalue weighted by Crippen LogP contribution is 2.61. The highest BCUT2D eigenvalue weighted by atomic mass is 16.3. The number of fused-ring (bicyclic) bond motifs is 15. The van der Waals surface area contributed by atoms with E-state index >= 15 is 0 Å². The minimum Gasteiger partial charge on any atom is -0.455 e. The fourth-order valence-corrected chi connectivity index (χ4v) is 13.1. The molecule has 0 radical (unpaired) electrons. The summed E-state index contributed by atoms with van der Waals surface area (Å²) in [6, 6.07) is 103. The number of rotatable bonds is 7. The van der Waals surface area contributed by atoms with E-state index < -0.39 is 5.41 Å². The molecule has 1 spiro atoms. The van der Waals surface area contributed by atoms with Crippen LogP contribution in [0.2, 0.25) is 0 Å². The molecule has 0 N–H and O–H groups in total. The summed E-state index contributed by atoms with van der Waals surface area (Å²) in [6.45, 7) is 0. The average Bonchev–Trinajstić information content (AvgIpc) is 4.31. The van der Waals surface area contributed by atoms with Crippen LogP contribution < -0.4 is 4.90 Å². The number of anilines is 3. The smallest absolute Gasteiger partial charge is 0.143 e. The molecule has 0 fully saturated rings. The molecule has 3 nitrogen and oxygen atoms in total. The molecule has 3 heteroatoms. The van der Waals surface area contributed by atoms with Crippen LogP contribution in [0.4, 0.5) is 17.1 Å². The van der Waals surface area contributed by atoms with Crippen molar-refractivity contribution in [3.63, 3.8) is 0 Å². The van der Waals surface area contributed by atoms with E-state index in [-0.39, 0.29) is 0 Å². The molecule has 0 amide bonds. The van der Waals surface area contributed by atoms with Crippen LogP contribution in [0.3, 0.4) is 0 Å². The van der Waals surface area contributed by atoms with E-state index in [2.05, 4.69) is 276 Å². The summed E-state index contributed by atoms with van der Waals surface area (Å²) in [4.78, 5) is 2.41. The third kappa shape index (κ3) is 6.11. The first-order valence-corrected chi connectivity index (χ1v) is 26.2. The largest absolute Gasteiger partial charge is 0.455 e. The molecule has 76 heavy (non-hydrogen) atoms. The van der Waals surface area contributed by atoms with Crippen LogP contribution in [0, 0.1) is 0 Å². The molecular weight excluding hydrogens is 921 g/mol. The van der Waals surface area contributed by atoms with Crippen LogP contribution in [-0.2, 0) is 5.41 Å². The first kappa shape index (κ1) is 42.5.